The SMILES string of the molecule is C=Cc1c(F)c(N2CC3CN(C)CC3C2)c(F)c2c1c(=O)c(C(=O)O)cn2C1CC1. The second kappa shape index (κ2) is 6.63. The Kier molecular flexibility index (Phi) is 4.25. The Labute approximate surface area is 172 Å². The fourth-order valence-electron chi connectivity index (χ4n) is 5.22. The van der Waals surface area contributed by atoms with E-state index in [-0.39, 0.29) is 28.2 Å². The van der Waals surface area contributed by atoms with Gasteiger partial charge in [-0.3, -0.25) is 4.79 Å². The molecule has 30 heavy (non-hydrogen) atoms. The Hall–Kier alpha value is -2.74. The first-order valence-electron chi connectivity index (χ1n) is 10.2. The average Bonchev–Trinajstić information content (AvgIpc) is 3.37. The van der Waals surface area contributed by atoms with Crippen LogP contribution in [0.4, 0.5) is 14.5 Å². The second-order valence-corrected chi connectivity index (χ2v) is 8.78. The minimum absolute atomic E-state index is 0.0204. The topological polar surface area (TPSA) is 65.8 Å². The van der Waals surface area contributed by atoms with Crippen molar-refractivity contribution < 1.29 is 18.7 Å². The van der Waals surface area contributed by atoms with E-state index in [1.807, 2.05) is 7.05 Å². The highest BCUT2D eigenvalue weighted by Gasteiger charge is 2.41. The van der Waals surface area contributed by atoms with Crippen LogP contribution in [0.1, 0.15) is 34.8 Å². The van der Waals surface area contributed by atoms with Crippen LogP contribution in [0.2, 0.25) is 0 Å². The van der Waals surface area contributed by atoms with Gasteiger partial charge >= 0.3 is 5.97 Å². The van der Waals surface area contributed by atoms with Crippen LogP contribution in [0.25, 0.3) is 17.0 Å². The van der Waals surface area contributed by atoms with Gasteiger partial charge in [0.2, 0.25) is 5.43 Å². The molecule has 158 valence electrons. The molecule has 2 aromatic rings. The van der Waals surface area contributed by atoms with Gasteiger partial charge in [0.15, 0.2) is 11.6 Å². The van der Waals surface area contributed by atoms with Crippen LogP contribution >= 0.6 is 0 Å². The molecule has 0 radical (unpaired) electrons. The number of hydrogen-bond acceptors (Lipinski definition) is 4. The summed E-state index contributed by atoms with van der Waals surface area (Å²) >= 11 is 0. The number of carboxylic acid groups (broad SMARTS) is 1. The van der Waals surface area contributed by atoms with Gasteiger partial charge in [0.05, 0.1) is 10.9 Å². The minimum atomic E-state index is -1.41. The third-order valence-corrected chi connectivity index (χ3v) is 6.72. The zero-order chi connectivity index (χ0) is 21.3. The molecule has 1 aromatic heterocycles. The Morgan fingerprint density at radius 2 is 1.80 bits per heavy atom. The third-order valence-electron chi connectivity index (χ3n) is 6.72. The van der Waals surface area contributed by atoms with Crippen LogP contribution in [0.15, 0.2) is 17.6 Å². The van der Waals surface area contributed by atoms with Crippen LogP contribution in [0, 0.1) is 23.5 Å². The van der Waals surface area contributed by atoms with Crippen molar-refractivity contribution in [2.75, 3.05) is 38.1 Å². The van der Waals surface area contributed by atoms with Gasteiger partial charge in [-0.05, 0) is 31.7 Å². The lowest BCUT2D eigenvalue weighted by molar-refractivity contribution is 0.0695. The number of halogens is 2. The number of aromatic carboxylic acids is 1. The molecular formula is C22H23F2N3O3. The van der Waals surface area contributed by atoms with Gasteiger partial charge in [-0.2, -0.15) is 0 Å². The van der Waals surface area contributed by atoms with Crippen LogP contribution in [-0.2, 0) is 0 Å². The van der Waals surface area contributed by atoms with Gasteiger partial charge in [-0.1, -0.05) is 12.7 Å². The highest BCUT2D eigenvalue weighted by molar-refractivity contribution is 5.98. The molecule has 1 saturated carbocycles. The van der Waals surface area contributed by atoms with Gasteiger partial charge in [-0.25, -0.2) is 13.6 Å². The van der Waals surface area contributed by atoms with Crippen molar-refractivity contribution in [3.63, 3.8) is 0 Å². The Balaban J connectivity index is 1.77. The van der Waals surface area contributed by atoms with Crippen LogP contribution in [-0.4, -0.2) is 53.8 Å². The van der Waals surface area contributed by atoms with Gasteiger partial charge in [0, 0.05) is 44.0 Å². The molecule has 5 rings (SSSR count). The summed E-state index contributed by atoms with van der Waals surface area (Å²) in [5, 5.41) is 9.21. The monoisotopic (exact) mass is 415 g/mol. The zero-order valence-corrected chi connectivity index (χ0v) is 16.7. The average molecular weight is 415 g/mol. The number of carbonyl (C=O) groups is 1. The van der Waals surface area contributed by atoms with Crippen LogP contribution in [0.5, 0.6) is 0 Å². The number of nitrogens with zero attached hydrogens (tertiary/aromatic N) is 3. The fourth-order valence-corrected chi connectivity index (χ4v) is 5.22. The normalized spacial score (nSPS) is 23.9. The molecule has 1 N–H and O–H groups in total. The molecule has 0 amide bonds. The largest absolute Gasteiger partial charge is 0.477 e. The van der Waals surface area contributed by atoms with E-state index in [1.54, 1.807) is 4.90 Å². The van der Waals surface area contributed by atoms with Crippen molar-refractivity contribution in [1.82, 2.24) is 9.47 Å². The predicted molar refractivity (Wildman–Crippen MR) is 110 cm³/mol. The molecular weight excluding hydrogens is 392 g/mol. The van der Waals surface area contributed by atoms with Gasteiger partial charge < -0.3 is 19.5 Å². The molecule has 0 spiro atoms. The third kappa shape index (κ3) is 2.70. The molecule has 2 unspecified atom stereocenters. The quantitative estimate of drug-likeness (QED) is 0.832. The van der Waals surface area contributed by atoms with E-state index in [2.05, 4.69) is 11.5 Å². The lowest BCUT2D eigenvalue weighted by Gasteiger charge is -2.25. The standard InChI is InChI=1S/C22H23F2N3O3/c1-3-14-16-19(27(13-4-5-13)10-15(21(16)28)22(29)30)18(24)20(17(14)23)26-8-11-6-25(2)7-12(11)9-26/h3,10-13H,1,4-9H2,2H3,(H,29,30). The first-order chi connectivity index (χ1) is 14.3. The number of fused-ring (bicyclic) bond motifs is 2. The maximum atomic E-state index is 15.9. The van der Waals surface area contributed by atoms with E-state index in [1.165, 1.54) is 16.8 Å². The summed E-state index contributed by atoms with van der Waals surface area (Å²) in [5.41, 5.74) is -1.64. The minimum Gasteiger partial charge on any atom is -0.477 e. The van der Waals surface area contributed by atoms with Crippen molar-refractivity contribution >= 4 is 28.6 Å². The van der Waals surface area contributed by atoms with E-state index >= 15 is 8.78 Å². The molecule has 2 aliphatic heterocycles. The Morgan fingerprint density at radius 3 is 2.33 bits per heavy atom. The number of benzene rings is 1. The lowest BCUT2D eigenvalue weighted by Crippen LogP contribution is -2.29. The van der Waals surface area contributed by atoms with Crippen LogP contribution in [0.3, 0.4) is 0 Å². The van der Waals surface area contributed by atoms with Crippen molar-refractivity contribution in [3.8, 4) is 0 Å². The summed E-state index contributed by atoms with van der Waals surface area (Å²) in [6, 6.07) is -0.0942. The van der Waals surface area contributed by atoms with Gasteiger partial charge in [0.25, 0.3) is 0 Å². The molecule has 2 saturated heterocycles. The van der Waals surface area contributed by atoms with Crippen molar-refractivity contribution in [2.24, 2.45) is 11.8 Å². The van der Waals surface area contributed by atoms with E-state index in [0.717, 1.165) is 25.9 Å². The number of anilines is 1. The first kappa shape index (κ1) is 19.2. The van der Waals surface area contributed by atoms with Gasteiger partial charge in [0.1, 0.15) is 11.3 Å². The smallest absolute Gasteiger partial charge is 0.341 e. The summed E-state index contributed by atoms with van der Waals surface area (Å²) in [7, 11) is 2.05. The van der Waals surface area contributed by atoms with Gasteiger partial charge in [-0.15, -0.1) is 0 Å². The van der Waals surface area contributed by atoms with E-state index in [9.17, 15) is 14.7 Å². The van der Waals surface area contributed by atoms with E-state index < -0.39 is 28.6 Å². The summed E-state index contributed by atoms with van der Waals surface area (Å²) in [6.45, 7) is 6.50. The second-order valence-electron chi connectivity index (χ2n) is 8.78. The fraction of sp³-hybridized carbons (Fsp3) is 0.455. The molecule has 3 fully saturated rings. The number of hydrogen-bond donors (Lipinski definition) is 1. The maximum absolute atomic E-state index is 15.9. The Morgan fingerprint density at radius 1 is 1.17 bits per heavy atom. The van der Waals surface area contributed by atoms with Crippen molar-refractivity contribution in [3.05, 3.63) is 45.8 Å². The van der Waals surface area contributed by atoms with E-state index in [0.29, 0.717) is 24.9 Å². The molecule has 0 bridgehead atoms. The highest BCUT2D eigenvalue weighted by Crippen LogP contribution is 2.43. The highest BCUT2D eigenvalue weighted by atomic mass is 19.1. The maximum Gasteiger partial charge on any atom is 0.341 e. The number of aromatic nitrogens is 1. The number of pyridine rings is 1. The molecule has 6 nitrogen and oxygen atoms in total. The zero-order valence-electron chi connectivity index (χ0n) is 16.7. The number of likely N-dealkylation sites (tertiary alicyclic amines) is 1. The number of carboxylic acids is 1. The van der Waals surface area contributed by atoms with E-state index in [4.69, 9.17) is 0 Å². The summed E-state index contributed by atoms with van der Waals surface area (Å²) in [4.78, 5) is 28.5. The summed E-state index contributed by atoms with van der Waals surface area (Å²) in [5.74, 6) is -2.35. The first-order valence-corrected chi connectivity index (χ1v) is 10.2. The molecule has 3 aliphatic rings. The molecule has 8 heteroatoms. The molecule has 1 aliphatic carbocycles. The summed E-state index contributed by atoms with van der Waals surface area (Å²) < 4.78 is 33.0. The molecule has 1 aromatic carbocycles. The lowest BCUT2D eigenvalue weighted by atomic mass is 10.0. The van der Waals surface area contributed by atoms with Crippen LogP contribution < -0.4 is 10.3 Å². The Bertz CT molecular complexity index is 1140. The summed E-state index contributed by atoms with van der Waals surface area (Å²) in [6.07, 6.45) is 3.91. The van der Waals surface area contributed by atoms with Crippen molar-refractivity contribution in [1.29, 1.82) is 0 Å². The molecule has 2 atom stereocenters. The van der Waals surface area contributed by atoms with Crippen molar-refractivity contribution in [2.45, 2.75) is 18.9 Å². The number of rotatable bonds is 4. The predicted octanol–water partition coefficient (Wildman–Crippen LogP) is 2.95. The molecule has 3 heterocycles.